The van der Waals surface area contributed by atoms with Gasteiger partial charge < -0.3 is 13.9 Å². The third-order valence-electron chi connectivity index (χ3n) is 6.74. The summed E-state index contributed by atoms with van der Waals surface area (Å²) >= 11 is 0. The first kappa shape index (κ1) is 23.8. The van der Waals surface area contributed by atoms with Crippen molar-refractivity contribution in [2.24, 2.45) is 23.7 Å². The zero-order valence-corrected chi connectivity index (χ0v) is 21.0. The predicted molar refractivity (Wildman–Crippen MR) is 123 cm³/mol. The molecule has 6 heteroatoms. The Labute approximate surface area is 188 Å². The van der Waals surface area contributed by atoms with Gasteiger partial charge in [-0.2, -0.15) is 0 Å². The molecule has 0 amide bonds. The average molecular weight is 446 g/mol. The molecule has 0 unspecified atom stereocenters. The molecule has 0 spiro atoms. The fourth-order valence-corrected chi connectivity index (χ4v) is 6.29. The fraction of sp³-hybridized carbons (Fsp3) is 0.680. The number of Topliss-reactive ketones (excluding diaryl/α,β-unsaturated/α-hetero) is 1. The molecule has 0 heterocycles. The van der Waals surface area contributed by atoms with E-state index >= 15 is 0 Å². The molecule has 0 saturated heterocycles. The van der Waals surface area contributed by atoms with Crippen LogP contribution in [0, 0.1) is 23.7 Å². The molecule has 1 radical (unpaired) electrons. The molecular weight excluding hydrogens is 408 g/mol. The Bertz CT molecular complexity index is 794. The molecule has 0 aliphatic heterocycles. The smallest absolute Gasteiger partial charge is 0.341 e. The van der Waals surface area contributed by atoms with Crippen molar-refractivity contribution >= 4 is 20.8 Å². The summed E-state index contributed by atoms with van der Waals surface area (Å²) in [6, 6.07) is 3.48. The lowest BCUT2D eigenvalue weighted by Gasteiger charge is -2.48. The van der Waals surface area contributed by atoms with E-state index in [2.05, 4.69) is 20.8 Å². The molecule has 4 aliphatic rings. The largest absolute Gasteiger partial charge is 0.542 e. The van der Waals surface area contributed by atoms with E-state index in [9.17, 15) is 9.59 Å². The number of methoxy groups -OCH3 is 2. The number of ketones is 1. The van der Waals surface area contributed by atoms with Crippen LogP contribution in [0.5, 0.6) is 11.5 Å². The Kier molecular flexibility index (Phi) is 7.19. The summed E-state index contributed by atoms with van der Waals surface area (Å²) in [5, 5.41) is 0. The molecule has 4 fully saturated rings. The Hall–Kier alpha value is -1.82. The number of hydrogen-bond acceptors (Lipinski definition) is 5. The summed E-state index contributed by atoms with van der Waals surface area (Å²) in [7, 11) is 1.97. The molecule has 4 bridgehead atoms. The van der Waals surface area contributed by atoms with Crippen molar-refractivity contribution in [1.29, 1.82) is 0 Å². The van der Waals surface area contributed by atoms with E-state index in [1.165, 1.54) is 39.2 Å². The molecule has 0 N–H and O–H groups in total. The molecule has 5 rings (SSSR count). The molecule has 0 aromatic heterocycles. The number of rotatable bonds is 4. The van der Waals surface area contributed by atoms with Crippen molar-refractivity contribution in [3.63, 3.8) is 0 Å². The Morgan fingerprint density at radius 2 is 1.52 bits per heavy atom. The van der Waals surface area contributed by atoms with Gasteiger partial charge in [0, 0.05) is 17.4 Å². The van der Waals surface area contributed by atoms with Crippen LogP contribution in [0.1, 0.15) is 68.8 Å². The summed E-state index contributed by atoms with van der Waals surface area (Å²) in [4.78, 5) is 23.5. The van der Waals surface area contributed by atoms with E-state index in [0.717, 1.165) is 23.1 Å². The van der Waals surface area contributed by atoms with Crippen LogP contribution in [0.3, 0.4) is 0 Å². The van der Waals surface area contributed by atoms with Gasteiger partial charge in [-0.3, -0.25) is 4.79 Å². The van der Waals surface area contributed by atoms with Gasteiger partial charge in [-0.15, -0.1) is 0 Å². The van der Waals surface area contributed by atoms with Crippen LogP contribution in [0.25, 0.3) is 0 Å². The number of benzene rings is 1. The number of carbonyl (C=O) groups is 2. The van der Waals surface area contributed by atoms with E-state index in [0.29, 0.717) is 28.9 Å². The summed E-state index contributed by atoms with van der Waals surface area (Å²) in [5.74, 6) is 4.43. The zero-order valence-electron chi connectivity index (χ0n) is 20.0. The zero-order chi connectivity index (χ0) is 22.9. The van der Waals surface area contributed by atoms with Crippen LogP contribution in [0.15, 0.2) is 12.1 Å². The highest BCUT2D eigenvalue weighted by Gasteiger charge is 2.47. The van der Waals surface area contributed by atoms with Crippen molar-refractivity contribution in [3.8, 4) is 11.5 Å². The first-order chi connectivity index (χ1) is 14.5. The second-order valence-electron chi connectivity index (χ2n) is 10.5. The topological polar surface area (TPSA) is 61.8 Å². The Morgan fingerprint density at radius 1 is 0.968 bits per heavy atom. The van der Waals surface area contributed by atoms with E-state index in [4.69, 9.17) is 13.9 Å². The number of ether oxygens (including phenoxy) is 2. The van der Waals surface area contributed by atoms with Gasteiger partial charge in [-0.1, -0.05) is 20.8 Å². The van der Waals surface area contributed by atoms with E-state index in [-0.39, 0.29) is 5.41 Å². The van der Waals surface area contributed by atoms with Crippen LogP contribution in [-0.2, 0) is 14.9 Å². The quantitative estimate of drug-likeness (QED) is 0.457. The number of carbonyl (C=O) groups excluding carboxylic acids is 2. The van der Waals surface area contributed by atoms with Crippen LogP contribution in [-0.4, -0.2) is 35.0 Å². The van der Waals surface area contributed by atoms with Crippen LogP contribution >= 0.6 is 0 Å². The molecule has 31 heavy (non-hydrogen) atoms. The lowest BCUT2D eigenvalue weighted by molar-refractivity contribution is -0.139. The van der Waals surface area contributed by atoms with Gasteiger partial charge in [-0.25, -0.2) is 4.79 Å². The minimum Gasteiger partial charge on any atom is -0.542 e. The maximum atomic E-state index is 12.0. The third kappa shape index (κ3) is 5.16. The number of hydrogen-bond donors (Lipinski definition) is 0. The monoisotopic (exact) mass is 445 g/mol. The maximum absolute atomic E-state index is 12.0. The Morgan fingerprint density at radius 3 is 1.94 bits per heavy atom. The molecule has 0 atom stereocenters. The minimum absolute atomic E-state index is 0.206. The van der Waals surface area contributed by atoms with Crippen molar-refractivity contribution in [2.45, 2.75) is 71.4 Å². The molecule has 1 aromatic rings. The summed E-state index contributed by atoms with van der Waals surface area (Å²) in [6.45, 7) is 10.2. The van der Waals surface area contributed by atoms with Crippen molar-refractivity contribution < 1.29 is 23.5 Å². The van der Waals surface area contributed by atoms with Gasteiger partial charge in [0.25, 0.3) is 9.04 Å². The summed E-state index contributed by atoms with van der Waals surface area (Å²) < 4.78 is 16.3. The minimum atomic E-state index is -1.02. The predicted octanol–water partition coefficient (Wildman–Crippen LogP) is 5.42. The average Bonchev–Trinajstić information content (AvgIpc) is 2.69. The van der Waals surface area contributed by atoms with Crippen LogP contribution in [0.4, 0.5) is 0 Å². The van der Waals surface area contributed by atoms with Gasteiger partial charge in [0.05, 0.1) is 14.2 Å². The van der Waals surface area contributed by atoms with Gasteiger partial charge in [0.2, 0.25) is 0 Å². The second-order valence-corrected chi connectivity index (χ2v) is 12.5. The highest BCUT2D eigenvalue weighted by molar-refractivity contribution is 6.49. The summed E-state index contributed by atoms with van der Waals surface area (Å²) in [5.41, 5.74) is 1.14. The van der Waals surface area contributed by atoms with E-state index in [1.807, 2.05) is 13.1 Å². The van der Waals surface area contributed by atoms with Crippen LogP contribution in [0.2, 0.25) is 13.1 Å². The normalized spacial score (nSPS) is 26.4. The molecule has 171 valence electrons. The molecule has 4 saturated carbocycles. The first-order valence-electron chi connectivity index (χ1n) is 11.4. The van der Waals surface area contributed by atoms with Crippen molar-refractivity contribution in [1.82, 2.24) is 0 Å². The lowest BCUT2D eigenvalue weighted by Crippen LogP contribution is -2.45. The van der Waals surface area contributed by atoms with Crippen LogP contribution < -0.4 is 9.16 Å². The van der Waals surface area contributed by atoms with Gasteiger partial charge >= 0.3 is 5.97 Å². The molecule has 1 aromatic carbocycles. The van der Waals surface area contributed by atoms with Crippen molar-refractivity contribution in [3.05, 3.63) is 23.3 Å². The standard InChI is InChI=1S/C15H23O4Si.C10H14O/c1-15(2,3)12-11(17-4)9-8-10(14(16)18-5)13(12)19-20(6)7;11-10-8-2-6-1-7(4-8)5-9(10)3-6/h8-9H,1-7H3;6-9H,1-5H2. The van der Waals surface area contributed by atoms with Gasteiger partial charge in [-0.05, 0) is 74.6 Å². The van der Waals surface area contributed by atoms with Crippen molar-refractivity contribution in [2.75, 3.05) is 14.2 Å². The second kappa shape index (κ2) is 9.35. The highest BCUT2D eigenvalue weighted by atomic mass is 28.3. The highest BCUT2D eigenvalue weighted by Crippen LogP contribution is 2.51. The fourth-order valence-electron chi connectivity index (χ4n) is 5.67. The first-order valence-corrected chi connectivity index (χ1v) is 13.8. The third-order valence-corrected chi connectivity index (χ3v) is 7.36. The van der Waals surface area contributed by atoms with E-state index < -0.39 is 15.0 Å². The SMILES string of the molecule is COC(=O)c1ccc(OC)c(C(C)(C)C)c1O[Si](C)C.O=C1C2CC3CC(C2)CC1C3. The molecule has 5 nitrogen and oxygen atoms in total. The maximum Gasteiger partial charge on any atom is 0.341 e. The molecular formula is C25H37O5Si. The molecule has 4 aliphatic carbocycles. The van der Waals surface area contributed by atoms with Gasteiger partial charge in [0.15, 0.2) is 0 Å². The Balaban J connectivity index is 0.000000204. The van der Waals surface area contributed by atoms with Gasteiger partial charge in [0.1, 0.15) is 22.8 Å². The number of esters is 1. The van der Waals surface area contributed by atoms with E-state index in [1.54, 1.807) is 19.2 Å². The lowest BCUT2D eigenvalue weighted by atomic mass is 9.56. The summed E-state index contributed by atoms with van der Waals surface area (Å²) in [6.07, 6.45) is 6.41.